The number of benzene rings is 1. The maximum atomic E-state index is 12.4. The lowest BCUT2D eigenvalue weighted by Crippen LogP contribution is -2.51. The summed E-state index contributed by atoms with van der Waals surface area (Å²) in [7, 11) is 1.56. The van der Waals surface area contributed by atoms with Crippen molar-refractivity contribution in [3.05, 3.63) is 42.1 Å². The second kappa shape index (κ2) is 8.33. The zero-order valence-electron chi connectivity index (χ0n) is 13.1. The van der Waals surface area contributed by atoms with Crippen LogP contribution in [0.5, 0.6) is 0 Å². The summed E-state index contributed by atoms with van der Waals surface area (Å²) < 4.78 is 10.2. The van der Waals surface area contributed by atoms with E-state index in [9.17, 15) is 4.79 Å². The molecule has 0 radical (unpaired) electrons. The maximum absolute atomic E-state index is 12.4. The molecule has 23 heavy (non-hydrogen) atoms. The summed E-state index contributed by atoms with van der Waals surface area (Å²) in [6, 6.07) is 7.70. The Labute approximate surface area is 145 Å². The van der Waals surface area contributed by atoms with Gasteiger partial charge in [-0.25, -0.2) is 0 Å². The van der Waals surface area contributed by atoms with Crippen molar-refractivity contribution in [2.24, 2.45) is 5.92 Å². The molecule has 1 aromatic rings. The Morgan fingerprint density at radius 3 is 2.65 bits per heavy atom. The molecule has 0 saturated carbocycles. The quantitative estimate of drug-likeness (QED) is 0.352. The van der Waals surface area contributed by atoms with Crippen molar-refractivity contribution < 1.29 is 14.3 Å². The van der Waals surface area contributed by atoms with Gasteiger partial charge in [0, 0.05) is 17.7 Å². The predicted octanol–water partition coefficient (Wildman–Crippen LogP) is 2.25. The third-order valence-electron chi connectivity index (χ3n) is 3.53. The van der Waals surface area contributed by atoms with Crippen LogP contribution in [-0.2, 0) is 14.3 Å². The van der Waals surface area contributed by atoms with E-state index in [1.54, 1.807) is 18.9 Å². The zero-order valence-corrected chi connectivity index (χ0v) is 14.8. The number of esters is 1. The molecule has 1 heterocycles. The molecule has 0 spiro atoms. The first kappa shape index (κ1) is 17.8. The molecule has 2 N–H and O–H groups in total. The number of thiocarbonyl (C=S) groups is 1. The summed E-state index contributed by atoms with van der Waals surface area (Å²) in [6.45, 7) is 4.50. The SMILES string of the molecule is C=C1NC(=S)N[C@H](c2ccc(SC)cc2)[C@H]1C(=O)OCCOC. The summed E-state index contributed by atoms with van der Waals surface area (Å²) in [4.78, 5) is 13.6. The first-order valence-corrected chi connectivity index (χ1v) is 8.76. The first-order chi connectivity index (χ1) is 11.1. The first-order valence-electron chi connectivity index (χ1n) is 7.12. The maximum Gasteiger partial charge on any atom is 0.317 e. The lowest BCUT2D eigenvalue weighted by molar-refractivity contribution is -0.149. The number of nitrogens with one attached hydrogen (secondary N) is 2. The number of rotatable bonds is 6. The molecule has 2 atom stereocenters. The summed E-state index contributed by atoms with van der Waals surface area (Å²) in [5.74, 6) is -0.910. The van der Waals surface area contributed by atoms with Crippen molar-refractivity contribution in [2.75, 3.05) is 26.6 Å². The second-order valence-electron chi connectivity index (χ2n) is 5.01. The predicted molar refractivity (Wildman–Crippen MR) is 95.3 cm³/mol. The van der Waals surface area contributed by atoms with Crippen LogP contribution < -0.4 is 10.6 Å². The third kappa shape index (κ3) is 4.46. The van der Waals surface area contributed by atoms with E-state index in [2.05, 4.69) is 17.2 Å². The van der Waals surface area contributed by atoms with Crippen molar-refractivity contribution in [3.63, 3.8) is 0 Å². The van der Waals surface area contributed by atoms with Crippen molar-refractivity contribution in [2.45, 2.75) is 10.9 Å². The van der Waals surface area contributed by atoms with Crippen molar-refractivity contribution in [1.82, 2.24) is 10.6 Å². The molecule has 7 heteroatoms. The van der Waals surface area contributed by atoms with Crippen LogP contribution in [0.15, 0.2) is 41.4 Å². The molecule has 0 unspecified atom stereocenters. The van der Waals surface area contributed by atoms with Crippen molar-refractivity contribution in [1.29, 1.82) is 0 Å². The number of methoxy groups -OCH3 is 1. The van der Waals surface area contributed by atoms with Crippen LogP contribution in [0.4, 0.5) is 0 Å². The molecule has 1 aliphatic heterocycles. The standard InChI is InChI=1S/C16H20N2O3S2/c1-10-13(15(19)21-9-8-20-2)14(18-16(22)17-10)11-4-6-12(23-3)7-5-11/h4-7,13-14H,1,8-9H2,2-3H3,(H2,17,18,22)/t13-,14+/m0/s1. The van der Waals surface area contributed by atoms with Gasteiger partial charge in [-0.2, -0.15) is 0 Å². The Balaban J connectivity index is 2.21. The van der Waals surface area contributed by atoms with E-state index in [0.29, 0.717) is 17.4 Å². The Bertz CT molecular complexity index is 589. The second-order valence-corrected chi connectivity index (χ2v) is 6.30. The summed E-state index contributed by atoms with van der Waals surface area (Å²) >= 11 is 6.86. The van der Waals surface area contributed by atoms with Crippen LogP contribution in [-0.4, -0.2) is 37.7 Å². The van der Waals surface area contributed by atoms with Gasteiger partial charge in [0.25, 0.3) is 0 Å². The Hall–Kier alpha value is -1.57. The topological polar surface area (TPSA) is 59.6 Å². The van der Waals surface area contributed by atoms with E-state index in [1.807, 2.05) is 30.5 Å². The number of thioether (sulfide) groups is 1. The molecule has 1 fully saturated rings. The van der Waals surface area contributed by atoms with Gasteiger partial charge in [0.15, 0.2) is 5.11 Å². The third-order valence-corrected chi connectivity index (χ3v) is 4.49. The molecule has 5 nitrogen and oxygen atoms in total. The highest BCUT2D eigenvalue weighted by molar-refractivity contribution is 7.98. The largest absolute Gasteiger partial charge is 0.463 e. The average Bonchev–Trinajstić information content (AvgIpc) is 2.54. The fourth-order valence-corrected chi connectivity index (χ4v) is 3.03. The highest BCUT2D eigenvalue weighted by Crippen LogP contribution is 2.31. The number of carbonyl (C=O) groups is 1. The number of ether oxygens (including phenoxy) is 2. The summed E-state index contributed by atoms with van der Waals surface area (Å²) in [6.07, 6.45) is 2.02. The Kier molecular flexibility index (Phi) is 6.44. The van der Waals surface area contributed by atoms with Gasteiger partial charge < -0.3 is 20.1 Å². The van der Waals surface area contributed by atoms with Crippen LogP contribution >= 0.6 is 24.0 Å². The minimum atomic E-state index is -0.557. The van der Waals surface area contributed by atoms with E-state index in [-0.39, 0.29) is 18.6 Å². The van der Waals surface area contributed by atoms with Gasteiger partial charge in [-0.3, -0.25) is 4.79 Å². The number of hydrogen-bond acceptors (Lipinski definition) is 5. The summed E-state index contributed by atoms with van der Waals surface area (Å²) in [5.41, 5.74) is 1.50. The Morgan fingerprint density at radius 2 is 2.04 bits per heavy atom. The van der Waals surface area contributed by atoms with E-state index in [1.165, 1.54) is 0 Å². The molecule has 0 amide bonds. The van der Waals surface area contributed by atoms with E-state index >= 15 is 0 Å². The average molecular weight is 352 g/mol. The summed E-state index contributed by atoms with van der Waals surface area (Å²) in [5, 5.41) is 6.51. The molecule has 0 aromatic heterocycles. The van der Waals surface area contributed by atoms with E-state index in [4.69, 9.17) is 21.7 Å². The fraction of sp³-hybridized carbons (Fsp3) is 0.375. The van der Waals surface area contributed by atoms with Gasteiger partial charge in [0.2, 0.25) is 0 Å². The number of hydrogen-bond donors (Lipinski definition) is 2. The lowest BCUT2D eigenvalue weighted by Gasteiger charge is -2.34. The van der Waals surface area contributed by atoms with Crippen LogP contribution in [0.25, 0.3) is 0 Å². The van der Waals surface area contributed by atoms with E-state index in [0.717, 1.165) is 10.5 Å². The molecule has 0 aliphatic carbocycles. The molecule has 124 valence electrons. The normalized spacial score (nSPS) is 20.6. The molecule has 0 bridgehead atoms. The lowest BCUT2D eigenvalue weighted by atomic mass is 9.89. The Morgan fingerprint density at radius 1 is 1.35 bits per heavy atom. The van der Waals surface area contributed by atoms with Gasteiger partial charge in [-0.15, -0.1) is 11.8 Å². The van der Waals surface area contributed by atoms with Gasteiger partial charge >= 0.3 is 5.97 Å². The fourth-order valence-electron chi connectivity index (χ4n) is 2.37. The minimum absolute atomic E-state index is 0.210. The van der Waals surface area contributed by atoms with Crippen molar-refractivity contribution >= 4 is 35.1 Å². The molecular formula is C16H20N2O3S2. The van der Waals surface area contributed by atoms with Crippen LogP contribution in [0.2, 0.25) is 0 Å². The van der Waals surface area contributed by atoms with Gasteiger partial charge in [0.05, 0.1) is 12.6 Å². The molecule has 1 saturated heterocycles. The van der Waals surface area contributed by atoms with Crippen LogP contribution in [0.3, 0.4) is 0 Å². The van der Waals surface area contributed by atoms with Crippen molar-refractivity contribution in [3.8, 4) is 0 Å². The zero-order chi connectivity index (χ0) is 16.8. The molecular weight excluding hydrogens is 332 g/mol. The van der Waals surface area contributed by atoms with Gasteiger partial charge in [-0.05, 0) is 36.2 Å². The highest BCUT2D eigenvalue weighted by Gasteiger charge is 2.37. The highest BCUT2D eigenvalue weighted by atomic mass is 32.2. The minimum Gasteiger partial charge on any atom is -0.463 e. The smallest absolute Gasteiger partial charge is 0.317 e. The van der Waals surface area contributed by atoms with Gasteiger partial charge in [0.1, 0.15) is 12.5 Å². The monoisotopic (exact) mass is 352 g/mol. The molecule has 2 rings (SSSR count). The van der Waals surface area contributed by atoms with Crippen LogP contribution in [0, 0.1) is 5.92 Å². The van der Waals surface area contributed by atoms with Crippen LogP contribution in [0.1, 0.15) is 11.6 Å². The van der Waals surface area contributed by atoms with E-state index < -0.39 is 5.92 Å². The number of carbonyl (C=O) groups excluding carboxylic acids is 1. The van der Waals surface area contributed by atoms with Gasteiger partial charge in [-0.1, -0.05) is 18.7 Å². The molecule has 1 aliphatic rings. The molecule has 1 aromatic carbocycles.